The Hall–Kier alpha value is -3.01. The van der Waals surface area contributed by atoms with Crippen LogP contribution < -0.4 is 10.1 Å². The minimum absolute atomic E-state index is 0.0635. The van der Waals surface area contributed by atoms with Crippen molar-refractivity contribution in [2.45, 2.75) is 18.9 Å². The molecule has 24 heavy (non-hydrogen) atoms. The number of nitriles is 1. The highest BCUT2D eigenvalue weighted by Gasteiger charge is 2.24. The number of carbonyl (C=O) groups excluding carboxylic acids is 1. The fourth-order valence-electron chi connectivity index (χ4n) is 2.96. The van der Waals surface area contributed by atoms with E-state index in [1.54, 1.807) is 29.0 Å². The number of likely N-dealkylation sites (tertiary alicyclic amines) is 1. The number of imidazole rings is 1. The lowest BCUT2D eigenvalue weighted by Crippen LogP contribution is -2.38. The number of amides is 1. The summed E-state index contributed by atoms with van der Waals surface area (Å²) in [5.74, 6) is 0.688. The number of rotatable bonds is 5. The van der Waals surface area contributed by atoms with E-state index in [-0.39, 0.29) is 11.9 Å². The summed E-state index contributed by atoms with van der Waals surface area (Å²) in [7, 11) is 1.59. The number of aromatic nitrogens is 2. The van der Waals surface area contributed by atoms with E-state index >= 15 is 0 Å². The van der Waals surface area contributed by atoms with Gasteiger partial charge in [-0.2, -0.15) is 5.26 Å². The van der Waals surface area contributed by atoms with Crippen molar-refractivity contribution in [2.24, 2.45) is 0 Å². The van der Waals surface area contributed by atoms with Gasteiger partial charge in [0.05, 0.1) is 18.8 Å². The number of nitrogens with zero attached hydrogens (tertiary/aromatic N) is 4. The van der Waals surface area contributed by atoms with E-state index < -0.39 is 0 Å². The number of hydrogen-bond acceptors (Lipinski definition) is 5. The van der Waals surface area contributed by atoms with Crippen molar-refractivity contribution in [3.63, 3.8) is 0 Å². The van der Waals surface area contributed by atoms with Gasteiger partial charge in [0.15, 0.2) is 6.19 Å². The van der Waals surface area contributed by atoms with Crippen molar-refractivity contribution in [2.75, 3.05) is 20.2 Å². The highest BCUT2D eigenvalue weighted by Crippen LogP contribution is 2.23. The molecule has 1 saturated heterocycles. The van der Waals surface area contributed by atoms with Gasteiger partial charge < -0.3 is 15.0 Å². The maximum absolute atomic E-state index is 12.5. The first-order valence-electron chi connectivity index (χ1n) is 7.86. The number of nitrogens with one attached hydrogen (secondary N) is 1. The molecule has 1 aromatic carbocycles. The van der Waals surface area contributed by atoms with Crippen molar-refractivity contribution >= 4 is 5.91 Å². The van der Waals surface area contributed by atoms with Crippen LogP contribution in [0, 0.1) is 11.5 Å². The Kier molecular flexibility index (Phi) is 4.66. The highest BCUT2D eigenvalue weighted by molar-refractivity contribution is 5.91. The molecular weight excluding hydrogens is 306 g/mol. The van der Waals surface area contributed by atoms with Crippen molar-refractivity contribution < 1.29 is 9.53 Å². The Morgan fingerprint density at radius 2 is 2.33 bits per heavy atom. The zero-order valence-corrected chi connectivity index (χ0v) is 13.5. The van der Waals surface area contributed by atoms with Crippen LogP contribution in [-0.4, -0.2) is 46.6 Å². The SMILES string of the molecule is COc1ccccc1-n1ccnc1C(=O)NC[C@H]1CCCN1C#N. The van der Waals surface area contributed by atoms with E-state index in [9.17, 15) is 4.79 Å². The van der Waals surface area contributed by atoms with E-state index in [2.05, 4.69) is 16.5 Å². The van der Waals surface area contributed by atoms with Crippen LogP contribution in [-0.2, 0) is 0 Å². The molecule has 1 aliphatic rings. The molecule has 1 atom stereocenters. The molecule has 2 aromatic rings. The van der Waals surface area contributed by atoms with E-state index in [1.165, 1.54) is 0 Å². The van der Waals surface area contributed by atoms with E-state index in [4.69, 9.17) is 10.00 Å². The molecule has 1 fully saturated rings. The Morgan fingerprint density at radius 1 is 1.50 bits per heavy atom. The molecular formula is C17H19N5O2. The molecule has 0 radical (unpaired) electrons. The van der Waals surface area contributed by atoms with Crippen molar-refractivity contribution in [1.82, 2.24) is 19.8 Å². The number of carbonyl (C=O) groups is 1. The summed E-state index contributed by atoms with van der Waals surface area (Å²) in [5.41, 5.74) is 0.752. The van der Waals surface area contributed by atoms with Gasteiger partial charge >= 0.3 is 0 Å². The standard InChI is InChI=1S/C17H19N5O2/c1-24-15-7-3-2-6-14(15)22-10-8-19-16(22)17(23)20-11-13-5-4-9-21(13)12-18/h2-3,6-8,10,13H,4-5,9,11H2,1H3,(H,20,23)/t13-/m1/s1. The number of para-hydroxylation sites is 2. The van der Waals surface area contributed by atoms with Gasteiger partial charge in [-0.1, -0.05) is 12.1 Å². The van der Waals surface area contributed by atoms with Crippen LogP contribution in [0.3, 0.4) is 0 Å². The summed E-state index contributed by atoms with van der Waals surface area (Å²) in [4.78, 5) is 18.4. The van der Waals surface area contributed by atoms with Crippen LogP contribution in [0.4, 0.5) is 0 Å². The number of hydrogen-bond donors (Lipinski definition) is 1. The minimum Gasteiger partial charge on any atom is -0.495 e. The first-order chi connectivity index (χ1) is 11.7. The molecule has 7 nitrogen and oxygen atoms in total. The predicted molar refractivity (Wildman–Crippen MR) is 87.8 cm³/mol. The lowest BCUT2D eigenvalue weighted by molar-refractivity contribution is 0.0933. The Bertz CT molecular complexity index is 764. The summed E-state index contributed by atoms with van der Waals surface area (Å²) in [6.45, 7) is 1.19. The lowest BCUT2D eigenvalue weighted by atomic mass is 10.2. The summed E-state index contributed by atoms with van der Waals surface area (Å²) in [6, 6.07) is 7.51. The van der Waals surface area contributed by atoms with Gasteiger partial charge in [-0.15, -0.1) is 0 Å². The van der Waals surface area contributed by atoms with Gasteiger partial charge in [0.2, 0.25) is 5.82 Å². The zero-order chi connectivity index (χ0) is 16.9. The lowest BCUT2D eigenvalue weighted by Gasteiger charge is -2.18. The van der Waals surface area contributed by atoms with Gasteiger partial charge in [-0.05, 0) is 25.0 Å². The summed E-state index contributed by atoms with van der Waals surface area (Å²) < 4.78 is 7.05. The third kappa shape index (κ3) is 3.04. The average Bonchev–Trinajstić information content (AvgIpc) is 3.28. The van der Waals surface area contributed by atoms with E-state index in [0.29, 0.717) is 18.1 Å². The number of methoxy groups -OCH3 is 1. The normalized spacial score (nSPS) is 16.7. The van der Waals surface area contributed by atoms with Crippen molar-refractivity contribution in [1.29, 1.82) is 5.26 Å². The van der Waals surface area contributed by atoms with Gasteiger partial charge in [-0.3, -0.25) is 9.36 Å². The molecule has 0 saturated carbocycles. The molecule has 7 heteroatoms. The second kappa shape index (κ2) is 7.04. The smallest absolute Gasteiger partial charge is 0.287 e. The largest absolute Gasteiger partial charge is 0.495 e. The molecule has 3 rings (SSSR count). The molecule has 1 aliphatic heterocycles. The summed E-state index contributed by atoms with van der Waals surface area (Å²) in [6.07, 6.45) is 7.37. The molecule has 1 N–H and O–H groups in total. The van der Waals surface area contributed by atoms with Crippen LogP contribution in [0.1, 0.15) is 23.5 Å². The van der Waals surface area contributed by atoms with Crippen LogP contribution >= 0.6 is 0 Å². The third-order valence-electron chi connectivity index (χ3n) is 4.19. The molecule has 2 heterocycles. The quantitative estimate of drug-likeness (QED) is 0.844. The van der Waals surface area contributed by atoms with Crippen LogP contribution in [0.5, 0.6) is 5.75 Å². The third-order valence-corrected chi connectivity index (χ3v) is 4.19. The predicted octanol–water partition coefficient (Wildman–Crippen LogP) is 1.56. The summed E-state index contributed by atoms with van der Waals surface area (Å²) in [5, 5.41) is 12.0. The maximum atomic E-state index is 12.5. The minimum atomic E-state index is -0.268. The Labute approximate surface area is 140 Å². The van der Waals surface area contributed by atoms with Gasteiger partial charge in [0, 0.05) is 25.5 Å². The van der Waals surface area contributed by atoms with Crippen LogP contribution in [0.15, 0.2) is 36.7 Å². The van der Waals surface area contributed by atoms with Gasteiger partial charge in [0.25, 0.3) is 5.91 Å². The van der Waals surface area contributed by atoms with Crippen LogP contribution in [0.25, 0.3) is 5.69 Å². The second-order valence-corrected chi connectivity index (χ2v) is 5.59. The van der Waals surface area contributed by atoms with Gasteiger partial charge in [-0.25, -0.2) is 4.98 Å². The second-order valence-electron chi connectivity index (χ2n) is 5.59. The van der Waals surface area contributed by atoms with Crippen LogP contribution in [0.2, 0.25) is 0 Å². The molecule has 1 aromatic heterocycles. The molecule has 0 spiro atoms. The molecule has 124 valence electrons. The topological polar surface area (TPSA) is 83.2 Å². The maximum Gasteiger partial charge on any atom is 0.287 e. The zero-order valence-electron chi connectivity index (χ0n) is 13.5. The van der Waals surface area contributed by atoms with E-state index in [1.807, 2.05) is 24.3 Å². The van der Waals surface area contributed by atoms with E-state index in [0.717, 1.165) is 25.1 Å². The fourth-order valence-corrected chi connectivity index (χ4v) is 2.96. The summed E-state index contributed by atoms with van der Waals surface area (Å²) >= 11 is 0. The molecule has 0 bridgehead atoms. The monoisotopic (exact) mass is 325 g/mol. The first kappa shape index (κ1) is 15.9. The fraction of sp³-hybridized carbons (Fsp3) is 0.353. The average molecular weight is 325 g/mol. The number of ether oxygens (including phenoxy) is 1. The Balaban J connectivity index is 1.75. The molecule has 0 aliphatic carbocycles. The van der Waals surface area contributed by atoms with Crippen molar-refractivity contribution in [3.8, 4) is 17.6 Å². The molecule has 1 amide bonds. The van der Waals surface area contributed by atoms with Gasteiger partial charge in [0.1, 0.15) is 5.75 Å². The number of benzene rings is 1. The first-order valence-corrected chi connectivity index (χ1v) is 7.86. The highest BCUT2D eigenvalue weighted by atomic mass is 16.5. The molecule has 0 unspecified atom stereocenters. The Morgan fingerprint density at radius 3 is 3.12 bits per heavy atom. The van der Waals surface area contributed by atoms with Crippen molar-refractivity contribution in [3.05, 3.63) is 42.5 Å².